The Bertz CT molecular complexity index is 771. The molecule has 1 fully saturated rings. The molecular formula is C13H17F3N2O4S2. The van der Waals surface area contributed by atoms with Crippen molar-refractivity contribution in [3.8, 4) is 0 Å². The lowest BCUT2D eigenvalue weighted by atomic mass is 10.1. The Balaban J connectivity index is 2.93. The first-order valence-corrected chi connectivity index (χ1v) is 10.3. The van der Waals surface area contributed by atoms with Gasteiger partial charge in [-0.15, -0.1) is 4.79 Å². The zero-order valence-electron chi connectivity index (χ0n) is 12.7. The van der Waals surface area contributed by atoms with Crippen LogP contribution >= 0.6 is 0 Å². The Labute approximate surface area is 138 Å². The fourth-order valence-corrected chi connectivity index (χ4v) is 5.72. The van der Waals surface area contributed by atoms with Crippen LogP contribution in [-0.2, 0) is 19.7 Å². The molecule has 11 heteroatoms. The van der Waals surface area contributed by atoms with Crippen LogP contribution in [0.15, 0.2) is 24.3 Å². The van der Waals surface area contributed by atoms with E-state index in [1.165, 1.54) is 6.08 Å². The van der Waals surface area contributed by atoms with Gasteiger partial charge in [0.25, 0.3) is 19.7 Å². The number of nitrogens with zero attached hydrogens (tertiary/aromatic N) is 2. The molecule has 24 heavy (non-hydrogen) atoms. The summed E-state index contributed by atoms with van der Waals surface area (Å²) >= 11 is 0. The van der Waals surface area contributed by atoms with Crippen LogP contribution in [0.3, 0.4) is 0 Å². The molecule has 1 rings (SSSR count). The molecule has 0 aromatic rings. The van der Waals surface area contributed by atoms with E-state index in [1.54, 1.807) is 6.08 Å². The molecule has 0 aromatic carbocycles. The van der Waals surface area contributed by atoms with E-state index in [-0.39, 0.29) is 5.92 Å². The molecule has 0 bridgehead atoms. The van der Waals surface area contributed by atoms with Gasteiger partial charge in [0, 0.05) is 5.57 Å². The van der Waals surface area contributed by atoms with Gasteiger partial charge in [-0.1, -0.05) is 31.6 Å². The van der Waals surface area contributed by atoms with Gasteiger partial charge in [-0.05, 0) is 18.8 Å². The summed E-state index contributed by atoms with van der Waals surface area (Å²) in [6.45, 7) is 2.57. The Hall–Kier alpha value is -1.45. The minimum absolute atomic E-state index is 0.191. The minimum atomic E-state index is -5.00. The molecule has 0 spiro atoms. The lowest BCUT2D eigenvalue weighted by Crippen LogP contribution is -2.32. The second kappa shape index (κ2) is 7.62. The van der Waals surface area contributed by atoms with Crippen LogP contribution in [0, 0.1) is 5.92 Å². The largest absolute Gasteiger partial charge is 0.495 e. The predicted molar refractivity (Wildman–Crippen MR) is 82.5 cm³/mol. The Kier molecular flexibility index (Phi) is 6.54. The van der Waals surface area contributed by atoms with Gasteiger partial charge >= 0.3 is 10.6 Å². The fraction of sp³-hybridized carbons (Fsp3) is 0.615. The zero-order valence-corrected chi connectivity index (χ0v) is 14.3. The van der Waals surface area contributed by atoms with Crippen LogP contribution in [0.1, 0.15) is 25.7 Å². The monoisotopic (exact) mass is 386 g/mol. The van der Waals surface area contributed by atoms with E-state index in [4.69, 9.17) is 5.53 Å². The van der Waals surface area contributed by atoms with Crippen molar-refractivity contribution in [1.82, 2.24) is 0 Å². The number of rotatable bonds is 5. The van der Waals surface area contributed by atoms with Crippen molar-refractivity contribution < 1.29 is 34.8 Å². The second-order valence-corrected chi connectivity index (χ2v) is 9.59. The van der Waals surface area contributed by atoms with Crippen molar-refractivity contribution in [1.29, 1.82) is 0 Å². The third kappa shape index (κ3) is 5.57. The normalized spacial score (nSPS) is 17.1. The molecule has 1 saturated carbocycles. The SMILES string of the molecule is C=C(CS(=O)(=O)C(=[N+]=[N-])S(=O)(=O)CC=CC1CCCC1)C(F)(F)F. The maximum atomic E-state index is 12.4. The van der Waals surface area contributed by atoms with E-state index in [9.17, 15) is 30.0 Å². The summed E-state index contributed by atoms with van der Waals surface area (Å²) in [6, 6.07) is 0. The molecule has 0 unspecified atom stereocenters. The van der Waals surface area contributed by atoms with Gasteiger partial charge in [-0.3, -0.25) is 0 Å². The predicted octanol–water partition coefficient (Wildman–Crippen LogP) is 2.27. The van der Waals surface area contributed by atoms with Crippen molar-refractivity contribution in [3.63, 3.8) is 0 Å². The highest BCUT2D eigenvalue weighted by molar-refractivity contribution is 8.31. The molecule has 0 aromatic heterocycles. The van der Waals surface area contributed by atoms with Crippen LogP contribution in [0.2, 0.25) is 0 Å². The maximum absolute atomic E-state index is 12.4. The first kappa shape index (κ1) is 20.6. The average Bonchev–Trinajstić information content (AvgIpc) is 2.89. The highest BCUT2D eigenvalue weighted by Crippen LogP contribution is 2.27. The highest BCUT2D eigenvalue weighted by atomic mass is 32.3. The van der Waals surface area contributed by atoms with Crippen molar-refractivity contribution >= 4 is 24.1 Å². The fourth-order valence-electron chi connectivity index (χ4n) is 2.29. The van der Waals surface area contributed by atoms with Crippen LogP contribution in [-0.4, -0.2) is 43.7 Å². The van der Waals surface area contributed by atoms with Crippen LogP contribution in [0.5, 0.6) is 0 Å². The Morgan fingerprint density at radius 3 is 2.17 bits per heavy atom. The summed E-state index contributed by atoms with van der Waals surface area (Å²) in [4.78, 5) is 2.22. The summed E-state index contributed by atoms with van der Waals surface area (Å²) in [5, 5.41) is 0. The van der Waals surface area contributed by atoms with E-state index < -0.39 is 47.3 Å². The van der Waals surface area contributed by atoms with Gasteiger partial charge in [0.05, 0.1) is 11.5 Å². The quantitative estimate of drug-likeness (QED) is 0.238. The van der Waals surface area contributed by atoms with Gasteiger partial charge in [0.15, 0.2) is 0 Å². The third-order valence-electron chi connectivity index (χ3n) is 3.50. The Morgan fingerprint density at radius 2 is 1.71 bits per heavy atom. The number of halogens is 3. The number of allylic oxidation sites excluding steroid dienone is 1. The molecular weight excluding hydrogens is 369 g/mol. The molecule has 136 valence electrons. The molecule has 0 amide bonds. The third-order valence-corrected chi connectivity index (χ3v) is 7.61. The summed E-state index contributed by atoms with van der Waals surface area (Å²) in [5.74, 6) is -2.28. The lowest BCUT2D eigenvalue weighted by Gasteiger charge is -2.08. The first-order chi connectivity index (χ1) is 10.9. The first-order valence-electron chi connectivity index (χ1n) is 6.99. The molecule has 1 aliphatic rings. The van der Waals surface area contributed by atoms with Crippen molar-refractivity contribution in [2.24, 2.45) is 5.92 Å². The topological polar surface area (TPSA) is 105 Å². The molecule has 0 heterocycles. The van der Waals surface area contributed by atoms with Crippen molar-refractivity contribution in [2.45, 2.75) is 31.9 Å². The summed E-state index contributed by atoms with van der Waals surface area (Å²) in [5.41, 5.74) is 7.07. The van der Waals surface area contributed by atoms with Gasteiger partial charge in [-0.25, -0.2) is 16.8 Å². The van der Waals surface area contributed by atoms with Crippen molar-refractivity contribution in [2.75, 3.05) is 11.5 Å². The van der Waals surface area contributed by atoms with Gasteiger partial charge in [-0.2, -0.15) is 13.2 Å². The molecule has 0 radical (unpaired) electrons. The molecule has 0 saturated heterocycles. The van der Waals surface area contributed by atoms with Crippen LogP contribution in [0.25, 0.3) is 5.53 Å². The molecule has 0 atom stereocenters. The van der Waals surface area contributed by atoms with E-state index >= 15 is 0 Å². The maximum Gasteiger partial charge on any atom is 0.495 e. The zero-order chi connectivity index (χ0) is 18.6. The summed E-state index contributed by atoms with van der Waals surface area (Å²) in [6.07, 6.45) is 1.66. The van der Waals surface area contributed by atoms with E-state index in [2.05, 4.69) is 11.4 Å². The van der Waals surface area contributed by atoms with E-state index in [1.807, 2.05) is 0 Å². The molecule has 1 aliphatic carbocycles. The van der Waals surface area contributed by atoms with Gasteiger partial charge in [0.1, 0.15) is 0 Å². The van der Waals surface area contributed by atoms with E-state index in [0.717, 1.165) is 25.7 Å². The van der Waals surface area contributed by atoms with Crippen molar-refractivity contribution in [3.05, 3.63) is 29.8 Å². The molecule has 0 N–H and O–H groups in total. The highest BCUT2D eigenvalue weighted by Gasteiger charge is 2.44. The minimum Gasteiger partial charge on any atom is -0.359 e. The summed E-state index contributed by atoms with van der Waals surface area (Å²) < 4.78 is 83.1. The number of hydrogen-bond acceptors (Lipinski definition) is 4. The lowest BCUT2D eigenvalue weighted by molar-refractivity contribution is -0.0905. The molecule has 6 nitrogen and oxygen atoms in total. The number of alkyl halides is 3. The van der Waals surface area contributed by atoms with Gasteiger partial charge in [0.2, 0.25) is 0 Å². The number of hydrogen-bond donors (Lipinski definition) is 0. The van der Waals surface area contributed by atoms with Crippen LogP contribution in [0.4, 0.5) is 13.2 Å². The summed E-state index contributed by atoms with van der Waals surface area (Å²) in [7, 11) is -9.60. The average molecular weight is 386 g/mol. The van der Waals surface area contributed by atoms with Gasteiger partial charge < -0.3 is 5.53 Å². The second-order valence-electron chi connectivity index (χ2n) is 5.48. The number of sulfone groups is 2. The smallest absolute Gasteiger partial charge is 0.359 e. The van der Waals surface area contributed by atoms with E-state index in [0.29, 0.717) is 0 Å². The molecule has 0 aliphatic heterocycles. The Morgan fingerprint density at radius 1 is 1.17 bits per heavy atom. The van der Waals surface area contributed by atoms with Crippen LogP contribution < -0.4 is 0 Å². The standard InChI is InChI=1S/C13H17F3N2O4S2/c1-10(13(14,15)16)9-24(21,22)12(18-17)23(19,20)8-4-7-11-5-2-3-6-11/h4,7,11H,1-3,5-6,8-9H2.